The van der Waals surface area contributed by atoms with Gasteiger partial charge in [-0.2, -0.15) is 0 Å². The van der Waals surface area contributed by atoms with Crippen LogP contribution in [0.15, 0.2) is 12.1 Å². The first-order chi connectivity index (χ1) is 6.74. The van der Waals surface area contributed by atoms with Crippen LogP contribution in [0.5, 0.6) is 0 Å². The van der Waals surface area contributed by atoms with Gasteiger partial charge in [0.15, 0.2) is 0 Å². The molecule has 14 heavy (non-hydrogen) atoms. The zero-order chi connectivity index (χ0) is 9.71. The normalized spacial score (nSPS) is 16.7. The molecule has 2 aromatic heterocycles. The molecule has 0 aromatic carbocycles. The third kappa shape index (κ3) is 1.29. The minimum atomic E-state index is 0.965. The second-order valence-corrected chi connectivity index (χ2v) is 5.69. The third-order valence-electron chi connectivity index (χ3n) is 3.04. The van der Waals surface area contributed by atoms with E-state index in [2.05, 4.69) is 30.5 Å². The van der Waals surface area contributed by atoms with Gasteiger partial charge in [-0.3, -0.25) is 0 Å². The third-order valence-corrected chi connectivity index (χ3v) is 4.13. The number of aromatic nitrogens is 1. The van der Waals surface area contributed by atoms with Crippen LogP contribution < -0.4 is 0 Å². The van der Waals surface area contributed by atoms with Crippen molar-refractivity contribution in [1.29, 1.82) is 0 Å². The van der Waals surface area contributed by atoms with Crippen LogP contribution in [0.4, 0.5) is 0 Å². The molecule has 0 atom stereocenters. The molecule has 3 rings (SSSR count). The van der Waals surface area contributed by atoms with E-state index in [-0.39, 0.29) is 0 Å². The Morgan fingerprint density at radius 2 is 2.14 bits per heavy atom. The van der Waals surface area contributed by atoms with E-state index in [1.54, 1.807) is 0 Å². The van der Waals surface area contributed by atoms with E-state index >= 15 is 0 Å². The quantitative estimate of drug-likeness (QED) is 0.704. The summed E-state index contributed by atoms with van der Waals surface area (Å²) in [7, 11) is 0. The zero-order valence-electron chi connectivity index (χ0n) is 8.71. The summed E-state index contributed by atoms with van der Waals surface area (Å²) >= 11 is 1.93. The van der Waals surface area contributed by atoms with E-state index in [0.717, 1.165) is 5.92 Å². The molecule has 2 heteroatoms. The second-order valence-electron chi connectivity index (χ2n) is 4.46. The van der Waals surface area contributed by atoms with Crippen molar-refractivity contribution in [1.82, 2.24) is 4.57 Å². The average Bonchev–Trinajstić information content (AvgIpc) is 2.81. The maximum Gasteiger partial charge on any atom is 0.103 e. The van der Waals surface area contributed by atoms with Gasteiger partial charge in [-0.1, -0.05) is 0 Å². The van der Waals surface area contributed by atoms with Crippen molar-refractivity contribution in [2.24, 2.45) is 5.92 Å². The van der Waals surface area contributed by atoms with Crippen molar-refractivity contribution >= 4 is 21.6 Å². The summed E-state index contributed by atoms with van der Waals surface area (Å²) in [6.07, 6.45) is 2.87. The molecule has 0 bridgehead atoms. The predicted octanol–water partition coefficient (Wildman–Crippen LogP) is 3.73. The molecule has 1 aliphatic rings. The fourth-order valence-corrected chi connectivity index (χ4v) is 3.14. The van der Waals surface area contributed by atoms with Crippen LogP contribution in [0.1, 0.15) is 23.4 Å². The predicted molar refractivity (Wildman–Crippen MR) is 62.0 cm³/mol. The monoisotopic (exact) mass is 205 g/mol. The molecule has 0 unspecified atom stereocenters. The average molecular weight is 205 g/mol. The summed E-state index contributed by atoms with van der Waals surface area (Å²) in [6, 6.07) is 4.62. The highest BCUT2D eigenvalue weighted by molar-refractivity contribution is 7.18. The highest BCUT2D eigenvalue weighted by Crippen LogP contribution is 2.35. The number of hydrogen-bond donors (Lipinski definition) is 0. The molecule has 2 aromatic rings. The minimum absolute atomic E-state index is 0.965. The number of nitrogens with zero attached hydrogens (tertiary/aromatic N) is 1. The Labute approximate surface area is 88.4 Å². The summed E-state index contributed by atoms with van der Waals surface area (Å²) in [5.74, 6) is 0.965. The first-order valence-electron chi connectivity index (χ1n) is 5.30. The van der Waals surface area contributed by atoms with Gasteiger partial charge in [0.1, 0.15) is 4.83 Å². The van der Waals surface area contributed by atoms with Crippen LogP contribution >= 0.6 is 11.3 Å². The number of thiophene rings is 1. The van der Waals surface area contributed by atoms with Crippen LogP contribution in [0.2, 0.25) is 0 Å². The summed E-state index contributed by atoms with van der Waals surface area (Å²) in [6.45, 7) is 5.67. The fourth-order valence-electron chi connectivity index (χ4n) is 2.08. The van der Waals surface area contributed by atoms with Gasteiger partial charge < -0.3 is 4.57 Å². The molecule has 74 valence electrons. The lowest BCUT2D eigenvalue weighted by molar-refractivity contribution is 0.636. The van der Waals surface area contributed by atoms with Crippen LogP contribution in [0.25, 0.3) is 10.2 Å². The number of rotatable bonds is 2. The highest BCUT2D eigenvalue weighted by Gasteiger charge is 2.23. The van der Waals surface area contributed by atoms with Gasteiger partial charge >= 0.3 is 0 Å². The molecule has 1 aliphatic carbocycles. The lowest BCUT2D eigenvalue weighted by Crippen LogP contribution is -2.00. The molecule has 1 saturated carbocycles. The van der Waals surface area contributed by atoms with Crippen molar-refractivity contribution in [3.8, 4) is 0 Å². The van der Waals surface area contributed by atoms with Crippen molar-refractivity contribution in [2.45, 2.75) is 33.2 Å². The molecule has 0 aliphatic heterocycles. The van der Waals surface area contributed by atoms with Gasteiger partial charge in [-0.25, -0.2) is 0 Å². The van der Waals surface area contributed by atoms with Crippen molar-refractivity contribution in [2.75, 3.05) is 0 Å². The Kier molecular flexibility index (Phi) is 1.75. The van der Waals surface area contributed by atoms with Crippen molar-refractivity contribution in [3.05, 3.63) is 22.7 Å². The Bertz CT molecular complexity index is 474. The molecule has 0 radical (unpaired) electrons. The summed E-state index contributed by atoms with van der Waals surface area (Å²) in [5, 5.41) is 1.44. The number of hydrogen-bond acceptors (Lipinski definition) is 1. The van der Waals surface area contributed by atoms with E-state index in [9.17, 15) is 0 Å². The number of fused-ring (bicyclic) bond motifs is 1. The Morgan fingerprint density at radius 1 is 1.36 bits per heavy atom. The van der Waals surface area contributed by atoms with Gasteiger partial charge in [0.25, 0.3) is 0 Å². The van der Waals surface area contributed by atoms with Crippen molar-refractivity contribution < 1.29 is 0 Å². The maximum atomic E-state index is 2.50. The standard InChI is InChI=1S/C12H15NS/c1-8-5-11-6-9(2)14-12(11)13(8)7-10-3-4-10/h5-6,10H,3-4,7H2,1-2H3. The van der Waals surface area contributed by atoms with E-state index in [1.165, 1.54) is 40.2 Å². The first-order valence-corrected chi connectivity index (χ1v) is 6.12. The van der Waals surface area contributed by atoms with Crippen LogP contribution in [0, 0.1) is 19.8 Å². The summed E-state index contributed by atoms with van der Waals surface area (Å²) in [4.78, 5) is 2.91. The SMILES string of the molecule is Cc1cc2cc(C)n(CC3CC3)c2s1. The fraction of sp³-hybridized carbons (Fsp3) is 0.500. The topological polar surface area (TPSA) is 4.93 Å². The first kappa shape index (κ1) is 8.54. The molecule has 0 spiro atoms. The largest absolute Gasteiger partial charge is 0.336 e. The van der Waals surface area contributed by atoms with Crippen LogP contribution in [-0.4, -0.2) is 4.57 Å². The lowest BCUT2D eigenvalue weighted by atomic mass is 10.3. The Balaban J connectivity index is 2.12. The lowest BCUT2D eigenvalue weighted by Gasteiger charge is -2.04. The summed E-state index contributed by atoms with van der Waals surface area (Å²) < 4.78 is 2.50. The van der Waals surface area contributed by atoms with Crippen molar-refractivity contribution in [3.63, 3.8) is 0 Å². The van der Waals surface area contributed by atoms with Gasteiger partial charge in [-0.05, 0) is 44.7 Å². The molecular formula is C12H15NS. The van der Waals surface area contributed by atoms with Gasteiger partial charge in [0.2, 0.25) is 0 Å². The Morgan fingerprint density at radius 3 is 2.86 bits per heavy atom. The smallest absolute Gasteiger partial charge is 0.103 e. The molecule has 0 N–H and O–H groups in total. The minimum Gasteiger partial charge on any atom is -0.336 e. The molecule has 0 amide bonds. The van der Waals surface area contributed by atoms with Gasteiger partial charge in [-0.15, -0.1) is 11.3 Å². The van der Waals surface area contributed by atoms with E-state index in [1.807, 2.05) is 11.3 Å². The van der Waals surface area contributed by atoms with Gasteiger partial charge in [0, 0.05) is 22.5 Å². The van der Waals surface area contributed by atoms with E-state index < -0.39 is 0 Å². The maximum absolute atomic E-state index is 2.50. The molecule has 2 heterocycles. The molecule has 0 saturated heterocycles. The highest BCUT2D eigenvalue weighted by atomic mass is 32.1. The van der Waals surface area contributed by atoms with E-state index in [0.29, 0.717) is 0 Å². The summed E-state index contributed by atoms with van der Waals surface area (Å²) in [5.41, 5.74) is 1.43. The van der Waals surface area contributed by atoms with Gasteiger partial charge in [0.05, 0.1) is 0 Å². The molecule has 1 nitrogen and oxygen atoms in total. The van der Waals surface area contributed by atoms with Crippen LogP contribution in [-0.2, 0) is 6.54 Å². The second kappa shape index (κ2) is 2.86. The Hall–Kier alpha value is -0.760. The van der Waals surface area contributed by atoms with E-state index in [4.69, 9.17) is 0 Å². The molecular weight excluding hydrogens is 190 g/mol. The number of aryl methyl sites for hydroxylation is 2. The van der Waals surface area contributed by atoms with Crippen LogP contribution in [0.3, 0.4) is 0 Å². The molecule has 1 fully saturated rings. The zero-order valence-corrected chi connectivity index (χ0v) is 9.53.